The molecule has 1 fully saturated rings. The number of hydrogen-bond donors (Lipinski definition) is 0. The van der Waals surface area contributed by atoms with Gasteiger partial charge in [-0.05, 0) is 30.9 Å². The van der Waals surface area contributed by atoms with Gasteiger partial charge in [-0.25, -0.2) is 0 Å². The number of rotatable bonds is 1. The first-order chi connectivity index (χ1) is 7.66. The molecule has 0 saturated carbocycles. The number of hydrogen-bond acceptors (Lipinski definition) is 2. The van der Waals surface area contributed by atoms with Gasteiger partial charge in [-0.1, -0.05) is 22.9 Å². The number of piperidine rings is 1. The molecule has 1 saturated heterocycles. The van der Waals surface area contributed by atoms with Crippen molar-refractivity contribution in [3.63, 3.8) is 0 Å². The molecule has 0 radical (unpaired) electrons. The van der Waals surface area contributed by atoms with Gasteiger partial charge < -0.3 is 4.90 Å². The average Bonchev–Trinajstić information content (AvgIpc) is 2.28. The molecule has 4 heteroatoms. The number of pyridine rings is 1. The monoisotopic (exact) mass is 282 g/mol. The van der Waals surface area contributed by atoms with E-state index in [1.807, 2.05) is 11.0 Å². The lowest BCUT2D eigenvalue weighted by molar-refractivity contribution is 0.0677. The lowest BCUT2D eigenvalue weighted by Gasteiger charge is -2.30. The molecule has 1 aromatic rings. The minimum Gasteiger partial charge on any atom is -0.337 e. The summed E-state index contributed by atoms with van der Waals surface area (Å²) in [5, 5.41) is 0. The summed E-state index contributed by atoms with van der Waals surface area (Å²) in [4.78, 5) is 18.2. The molecule has 1 unspecified atom stereocenters. The summed E-state index contributed by atoms with van der Waals surface area (Å²) in [6, 6.07) is 3.61. The molecule has 0 bridgehead atoms. The Balaban J connectivity index is 2.12. The van der Waals surface area contributed by atoms with Crippen molar-refractivity contribution in [2.24, 2.45) is 5.92 Å². The number of likely N-dealkylation sites (tertiary alicyclic amines) is 1. The van der Waals surface area contributed by atoms with Gasteiger partial charge in [-0.2, -0.15) is 0 Å². The van der Waals surface area contributed by atoms with Gasteiger partial charge in [0.1, 0.15) is 5.69 Å². The van der Waals surface area contributed by atoms with E-state index in [4.69, 9.17) is 0 Å². The Hall–Kier alpha value is -0.900. The highest BCUT2D eigenvalue weighted by Gasteiger charge is 2.22. The topological polar surface area (TPSA) is 33.2 Å². The molecule has 1 aliphatic rings. The average molecular weight is 283 g/mol. The van der Waals surface area contributed by atoms with Crippen molar-refractivity contribution in [1.82, 2.24) is 9.88 Å². The van der Waals surface area contributed by atoms with Crippen LogP contribution in [0.5, 0.6) is 0 Å². The van der Waals surface area contributed by atoms with Crippen molar-refractivity contribution >= 4 is 21.8 Å². The van der Waals surface area contributed by atoms with Crippen molar-refractivity contribution in [2.75, 3.05) is 13.1 Å². The fourth-order valence-corrected chi connectivity index (χ4v) is 2.39. The molecule has 1 amide bonds. The van der Waals surface area contributed by atoms with E-state index in [0.717, 1.165) is 24.0 Å². The van der Waals surface area contributed by atoms with Crippen LogP contribution in [0.2, 0.25) is 0 Å². The first-order valence-corrected chi connectivity index (χ1v) is 6.37. The first-order valence-electron chi connectivity index (χ1n) is 5.57. The molecule has 0 N–H and O–H groups in total. The number of carbonyl (C=O) groups is 1. The third kappa shape index (κ3) is 2.61. The SMILES string of the molecule is CC1CCCN(C(=O)c2cc(Br)ccn2)C1. The van der Waals surface area contributed by atoms with Crippen LogP contribution in [0.25, 0.3) is 0 Å². The van der Waals surface area contributed by atoms with Gasteiger partial charge in [0.05, 0.1) is 0 Å². The summed E-state index contributed by atoms with van der Waals surface area (Å²) >= 11 is 3.36. The van der Waals surface area contributed by atoms with Crippen LogP contribution in [0, 0.1) is 5.92 Å². The molecule has 3 nitrogen and oxygen atoms in total. The Morgan fingerprint density at radius 3 is 3.12 bits per heavy atom. The maximum Gasteiger partial charge on any atom is 0.272 e. The number of nitrogens with zero attached hydrogens (tertiary/aromatic N) is 2. The second-order valence-corrected chi connectivity index (χ2v) is 5.27. The van der Waals surface area contributed by atoms with E-state index in [0.29, 0.717) is 11.6 Å². The molecule has 1 atom stereocenters. The smallest absolute Gasteiger partial charge is 0.272 e. The predicted molar refractivity (Wildman–Crippen MR) is 66.2 cm³/mol. The summed E-state index contributed by atoms with van der Waals surface area (Å²) in [6.45, 7) is 3.90. The molecule has 0 aliphatic carbocycles. The lowest BCUT2D eigenvalue weighted by atomic mass is 10.00. The highest BCUT2D eigenvalue weighted by molar-refractivity contribution is 9.10. The fourth-order valence-electron chi connectivity index (χ4n) is 2.06. The van der Waals surface area contributed by atoms with Crippen LogP contribution < -0.4 is 0 Å². The maximum absolute atomic E-state index is 12.1. The van der Waals surface area contributed by atoms with Gasteiger partial charge >= 0.3 is 0 Å². The van der Waals surface area contributed by atoms with Crippen LogP contribution in [0.3, 0.4) is 0 Å². The van der Waals surface area contributed by atoms with Gasteiger partial charge in [-0.3, -0.25) is 9.78 Å². The summed E-state index contributed by atoms with van der Waals surface area (Å²) in [5.74, 6) is 0.651. The van der Waals surface area contributed by atoms with Gasteiger partial charge in [0.25, 0.3) is 5.91 Å². The summed E-state index contributed by atoms with van der Waals surface area (Å²) < 4.78 is 0.899. The van der Waals surface area contributed by atoms with Crippen LogP contribution in [-0.2, 0) is 0 Å². The fraction of sp³-hybridized carbons (Fsp3) is 0.500. The summed E-state index contributed by atoms with van der Waals surface area (Å²) in [5.41, 5.74) is 0.531. The van der Waals surface area contributed by atoms with Crippen LogP contribution in [-0.4, -0.2) is 28.9 Å². The zero-order valence-corrected chi connectivity index (χ0v) is 10.9. The molecule has 1 aromatic heterocycles. The van der Waals surface area contributed by atoms with E-state index < -0.39 is 0 Å². The molecule has 0 aromatic carbocycles. The first kappa shape index (κ1) is 11.6. The Morgan fingerprint density at radius 2 is 2.44 bits per heavy atom. The maximum atomic E-state index is 12.1. The third-order valence-electron chi connectivity index (χ3n) is 2.89. The molecule has 2 rings (SSSR count). The van der Waals surface area contributed by atoms with E-state index in [-0.39, 0.29) is 5.91 Å². The summed E-state index contributed by atoms with van der Waals surface area (Å²) in [7, 11) is 0. The number of halogens is 1. The Kier molecular flexibility index (Phi) is 3.59. The van der Waals surface area contributed by atoms with Gasteiger partial charge in [0, 0.05) is 23.8 Å². The van der Waals surface area contributed by atoms with E-state index >= 15 is 0 Å². The van der Waals surface area contributed by atoms with Crippen LogP contribution >= 0.6 is 15.9 Å². The van der Waals surface area contributed by atoms with Crippen molar-refractivity contribution in [3.8, 4) is 0 Å². The standard InChI is InChI=1S/C12H15BrN2O/c1-9-3-2-6-15(8-9)12(16)11-7-10(13)4-5-14-11/h4-5,7,9H,2-3,6,8H2,1H3. The van der Waals surface area contributed by atoms with E-state index in [1.165, 1.54) is 6.42 Å². The van der Waals surface area contributed by atoms with Gasteiger partial charge in [0.15, 0.2) is 0 Å². The van der Waals surface area contributed by atoms with Crippen LogP contribution in [0.15, 0.2) is 22.8 Å². The zero-order chi connectivity index (χ0) is 11.5. The predicted octanol–water partition coefficient (Wildman–Crippen LogP) is 2.72. The molecular weight excluding hydrogens is 268 g/mol. The number of carbonyl (C=O) groups excluding carboxylic acids is 1. The van der Waals surface area contributed by atoms with Crippen molar-refractivity contribution < 1.29 is 4.79 Å². The molecule has 1 aliphatic heterocycles. The molecule has 0 spiro atoms. The Labute approximate surface area is 104 Å². The summed E-state index contributed by atoms with van der Waals surface area (Å²) in [6.07, 6.45) is 3.97. The third-order valence-corrected chi connectivity index (χ3v) is 3.38. The van der Waals surface area contributed by atoms with Crippen molar-refractivity contribution in [1.29, 1.82) is 0 Å². The van der Waals surface area contributed by atoms with E-state index in [2.05, 4.69) is 27.8 Å². The molecular formula is C12H15BrN2O. The largest absolute Gasteiger partial charge is 0.337 e. The second-order valence-electron chi connectivity index (χ2n) is 4.36. The van der Waals surface area contributed by atoms with E-state index in [9.17, 15) is 4.79 Å². The van der Waals surface area contributed by atoms with Gasteiger partial charge in [-0.15, -0.1) is 0 Å². The van der Waals surface area contributed by atoms with E-state index in [1.54, 1.807) is 12.3 Å². The quantitative estimate of drug-likeness (QED) is 0.794. The highest BCUT2D eigenvalue weighted by atomic mass is 79.9. The minimum atomic E-state index is 0.0489. The van der Waals surface area contributed by atoms with Crippen LogP contribution in [0.1, 0.15) is 30.3 Å². The van der Waals surface area contributed by atoms with Gasteiger partial charge in [0.2, 0.25) is 0 Å². The zero-order valence-electron chi connectivity index (χ0n) is 9.32. The molecule has 86 valence electrons. The molecule has 2 heterocycles. The van der Waals surface area contributed by atoms with Crippen LogP contribution in [0.4, 0.5) is 0 Å². The molecule has 16 heavy (non-hydrogen) atoms. The minimum absolute atomic E-state index is 0.0489. The van der Waals surface area contributed by atoms with Crippen molar-refractivity contribution in [3.05, 3.63) is 28.5 Å². The van der Waals surface area contributed by atoms with Crippen molar-refractivity contribution in [2.45, 2.75) is 19.8 Å². The Bertz CT molecular complexity index is 394. The number of amides is 1. The number of aromatic nitrogens is 1. The Morgan fingerprint density at radius 1 is 1.62 bits per heavy atom. The highest BCUT2D eigenvalue weighted by Crippen LogP contribution is 2.18. The second kappa shape index (κ2) is 4.95. The normalized spacial score (nSPS) is 20.9. The lowest BCUT2D eigenvalue weighted by Crippen LogP contribution is -2.39.